The molecule has 7 rings (SSSR count). The first-order chi connectivity index (χ1) is 16.7. The van der Waals surface area contributed by atoms with Crippen LogP contribution in [0.25, 0.3) is 43.6 Å². The van der Waals surface area contributed by atoms with Crippen LogP contribution in [0, 0.1) is 5.92 Å². The number of hydrogen-bond donors (Lipinski definition) is 0. The first kappa shape index (κ1) is 20.5. The zero-order chi connectivity index (χ0) is 22.8. The molecule has 2 heterocycles. The summed E-state index contributed by atoms with van der Waals surface area (Å²) in [5.41, 5.74) is 5.44. The van der Waals surface area contributed by atoms with Gasteiger partial charge in [-0.15, -0.1) is 0 Å². The molecule has 1 aliphatic heterocycles. The highest BCUT2D eigenvalue weighted by Gasteiger charge is 2.27. The van der Waals surface area contributed by atoms with Crippen LogP contribution < -0.4 is 0 Å². The van der Waals surface area contributed by atoms with Crippen LogP contribution in [0.5, 0.6) is 0 Å². The molecular weight excluding hydrogens is 430 g/mol. The van der Waals surface area contributed by atoms with Crippen molar-refractivity contribution < 1.29 is 0 Å². The van der Waals surface area contributed by atoms with Gasteiger partial charge in [0.25, 0.3) is 0 Å². The Hall–Kier alpha value is -2.84. The van der Waals surface area contributed by atoms with Crippen molar-refractivity contribution in [2.24, 2.45) is 5.92 Å². The van der Waals surface area contributed by atoms with Crippen molar-refractivity contribution in [3.63, 3.8) is 0 Å². The first-order valence-electron chi connectivity index (χ1n) is 12.8. The third-order valence-electron chi connectivity index (χ3n) is 8.00. The number of aromatic nitrogens is 1. The Bertz CT molecular complexity index is 1590. The fourth-order valence-electron chi connectivity index (χ4n) is 6.51. The van der Waals surface area contributed by atoms with Crippen LogP contribution in [0.1, 0.15) is 56.6 Å². The van der Waals surface area contributed by atoms with E-state index in [0.29, 0.717) is 5.92 Å². The summed E-state index contributed by atoms with van der Waals surface area (Å²) in [7, 11) is 0. The average molecular weight is 460 g/mol. The maximum absolute atomic E-state index is 5.01. The molecule has 0 saturated heterocycles. The Kier molecular flexibility index (Phi) is 4.74. The highest BCUT2D eigenvalue weighted by atomic mass is 32.2. The number of rotatable bonds is 3. The lowest BCUT2D eigenvalue weighted by Gasteiger charge is -2.26. The minimum absolute atomic E-state index is 0.451. The summed E-state index contributed by atoms with van der Waals surface area (Å²) in [6.45, 7) is 4.64. The lowest BCUT2D eigenvalue weighted by Crippen LogP contribution is -2.03. The Morgan fingerprint density at radius 1 is 0.882 bits per heavy atom. The van der Waals surface area contributed by atoms with E-state index in [1.165, 1.54) is 90.9 Å². The van der Waals surface area contributed by atoms with E-state index in [0.717, 1.165) is 11.6 Å². The molecule has 0 atom stereocenters. The molecule has 0 bridgehead atoms. The number of fused-ring (bicyclic) bond motifs is 5. The van der Waals surface area contributed by atoms with Crippen LogP contribution in [0.3, 0.4) is 0 Å². The average Bonchev–Trinajstić information content (AvgIpc) is 3.36. The predicted molar refractivity (Wildman–Crippen MR) is 146 cm³/mol. The van der Waals surface area contributed by atoms with Crippen molar-refractivity contribution in [1.82, 2.24) is 4.98 Å². The summed E-state index contributed by atoms with van der Waals surface area (Å²) in [5.74, 6) is 1.29. The lowest BCUT2D eigenvalue weighted by molar-refractivity contribution is 0.548. The number of hydrogen-bond acceptors (Lipinski definition) is 2. The van der Waals surface area contributed by atoms with Gasteiger partial charge in [-0.25, -0.2) is 0 Å². The Balaban J connectivity index is 1.54. The number of pyridine rings is 1. The fourth-order valence-corrected chi connectivity index (χ4v) is 7.94. The van der Waals surface area contributed by atoms with Gasteiger partial charge in [0.2, 0.25) is 0 Å². The summed E-state index contributed by atoms with van der Waals surface area (Å²) in [6, 6.07) is 22.9. The maximum atomic E-state index is 5.01. The van der Waals surface area contributed by atoms with Gasteiger partial charge >= 0.3 is 0 Å². The number of nitrogens with zero attached hydrogens (tertiary/aromatic N) is 1. The SMILES string of the molecule is CC(C)c1c2c(cc3ccccc13)-c1nccc3c1c(cc1cccc(CC4CCCC4)c13)S2. The summed E-state index contributed by atoms with van der Waals surface area (Å²) in [6.07, 6.45) is 8.80. The van der Waals surface area contributed by atoms with Gasteiger partial charge < -0.3 is 0 Å². The fraction of sp³-hybridized carbons (Fsp3) is 0.281. The molecule has 0 N–H and O–H groups in total. The second kappa shape index (κ2) is 7.85. The van der Waals surface area contributed by atoms with E-state index in [1.54, 1.807) is 0 Å². The molecule has 1 fully saturated rings. The smallest absolute Gasteiger partial charge is 0.0803 e. The van der Waals surface area contributed by atoms with Crippen molar-refractivity contribution in [1.29, 1.82) is 0 Å². The molecule has 0 unspecified atom stereocenters. The Morgan fingerprint density at radius 3 is 2.56 bits per heavy atom. The normalized spacial score (nSPS) is 15.6. The molecule has 2 heteroatoms. The highest BCUT2D eigenvalue weighted by molar-refractivity contribution is 8.00. The summed E-state index contributed by atoms with van der Waals surface area (Å²) in [4.78, 5) is 7.76. The zero-order valence-electron chi connectivity index (χ0n) is 19.9. The van der Waals surface area contributed by atoms with E-state index in [1.807, 2.05) is 18.0 Å². The molecule has 1 aliphatic carbocycles. The van der Waals surface area contributed by atoms with Gasteiger partial charge in [0.1, 0.15) is 0 Å². The number of benzene rings is 4. The molecule has 4 aromatic carbocycles. The van der Waals surface area contributed by atoms with E-state index >= 15 is 0 Å². The monoisotopic (exact) mass is 459 g/mol. The highest BCUT2D eigenvalue weighted by Crippen LogP contribution is 2.53. The second-order valence-corrected chi connectivity index (χ2v) is 11.5. The summed E-state index contributed by atoms with van der Waals surface area (Å²) >= 11 is 1.96. The predicted octanol–water partition coefficient (Wildman–Crippen LogP) is 9.53. The molecule has 1 saturated carbocycles. The first-order valence-corrected chi connectivity index (χ1v) is 13.6. The molecule has 0 radical (unpaired) electrons. The van der Waals surface area contributed by atoms with Gasteiger partial charge in [0.05, 0.1) is 5.69 Å². The standard InChI is InChI=1S/C32H29NS/c1-19(2)28-24-13-6-5-10-21(24)17-26-31-30-25(14-15-33-31)29-22(16-20-8-3-4-9-20)11-7-12-23(29)18-27(30)34-32(26)28/h5-7,10-15,17-20H,3-4,8-9,16H2,1-2H3. The van der Waals surface area contributed by atoms with Crippen molar-refractivity contribution in [2.75, 3.05) is 0 Å². The van der Waals surface area contributed by atoms with Crippen LogP contribution in [-0.4, -0.2) is 4.98 Å². The van der Waals surface area contributed by atoms with Gasteiger partial charge in [-0.2, -0.15) is 0 Å². The topological polar surface area (TPSA) is 12.9 Å². The van der Waals surface area contributed by atoms with Gasteiger partial charge in [0, 0.05) is 26.9 Å². The van der Waals surface area contributed by atoms with Crippen LogP contribution in [0.15, 0.2) is 76.7 Å². The largest absolute Gasteiger partial charge is 0.256 e. The van der Waals surface area contributed by atoms with E-state index in [-0.39, 0.29) is 0 Å². The van der Waals surface area contributed by atoms with Gasteiger partial charge in [-0.1, -0.05) is 93.8 Å². The van der Waals surface area contributed by atoms with Gasteiger partial charge in [-0.05, 0) is 74.5 Å². The Morgan fingerprint density at radius 2 is 1.71 bits per heavy atom. The summed E-state index contributed by atoms with van der Waals surface area (Å²) < 4.78 is 0. The molecular formula is C32H29NS. The van der Waals surface area contributed by atoms with E-state index in [2.05, 4.69) is 74.5 Å². The third-order valence-corrected chi connectivity index (χ3v) is 9.19. The van der Waals surface area contributed by atoms with Crippen molar-refractivity contribution in [2.45, 2.75) is 61.7 Å². The molecule has 5 aromatic rings. The summed E-state index contributed by atoms with van der Waals surface area (Å²) in [5, 5.41) is 8.23. The van der Waals surface area contributed by atoms with Gasteiger partial charge in [-0.3, -0.25) is 4.98 Å². The zero-order valence-corrected chi connectivity index (χ0v) is 20.7. The lowest BCUT2D eigenvalue weighted by atomic mass is 9.88. The minimum atomic E-state index is 0.451. The van der Waals surface area contributed by atoms with E-state index in [4.69, 9.17) is 4.98 Å². The quantitative estimate of drug-likeness (QED) is 0.244. The van der Waals surface area contributed by atoms with Gasteiger partial charge in [0.15, 0.2) is 0 Å². The third kappa shape index (κ3) is 3.04. The second-order valence-electron chi connectivity index (χ2n) is 10.5. The minimum Gasteiger partial charge on any atom is -0.256 e. The maximum Gasteiger partial charge on any atom is 0.0803 e. The van der Waals surface area contributed by atoms with Crippen molar-refractivity contribution in [3.8, 4) is 11.3 Å². The molecule has 2 aliphatic rings. The van der Waals surface area contributed by atoms with Crippen molar-refractivity contribution in [3.05, 3.63) is 78.0 Å². The van der Waals surface area contributed by atoms with Crippen LogP contribution in [0.2, 0.25) is 0 Å². The van der Waals surface area contributed by atoms with Crippen LogP contribution >= 0.6 is 11.8 Å². The van der Waals surface area contributed by atoms with E-state index in [9.17, 15) is 0 Å². The van der Waals surface area contributed by atoms with E-state index < -0.39 is 0 Å². The van der Waals surface area contributed by atoms with Crippen LogP contribution in [0.4, 0.5) is 0 Å². The van der Waals surface area contributed by atoms with Crippen LogP contribution in [-0.2, 0) is 6.42 Å². The van der Waals surface area contributed by atoms with Crippen molar-refractivity contribution >= 4 is 44.1 Å². The molecule has 0 spiro atoms. The molecule has 1 aromatic heterocycles. The molecule has 34 heavy (non-hydrogen) atoms. The molecule has 0 amide bonds. The molecule has 168 valence electrons. The Labute approximate surface area is 205 Å². The molecule has 1 nitrogen and oxygen atoms in total.